The molecule has 0 aromatic rings. The summed E-state index contributed by atoms with van der Waals surface area (Å²) in [4.78, 5) is 11.5. The molecule has 0 heterocycles. The highest BCUT2D eigenvalue weighted by atomic mass is 32.2. The molecule has 0 radical (unpaired) electrons. The van der Waals surface area contributed by atoms with Crippen LogP contribution in [0.3, 0.4) is 0 Å². The Morgan fingerprint density at radius 1 is 1.47 bits per heavy atom. The molecule has 15 heavy (non-hydrogen) atoms. The van der Waals surface area contributed by atoms with E-state index in [1.807, 2.05) is 0 Å². The third-order valence-electron chi connectivity index (χ3n) is 2.39. The molecule has 0 saturated heterocycles. The predicted molar refractivity (Wildman–Crippen MR) is 55.4 cm³/mol. The van der Waals surface area contributed by atoms with Crippen LogP contribution in [0.5, 0.6) is 0 Å². The van der Waals surface area contributed by atoms with Crippen LogP contribution in [0.15, 0.2) is 12.2 Å². The van der Waals surface area contributed by atoms with Crippen molar-refractivity contribution in [3.05, 3.63) is 12.2 Å². The van der Waals surface area contributed by atoms with E-state index in [0.29, 0.717) is 6.42 Å². The molecule has 2 atom stereocenters. The van der Waals surface area contributed by atoms with E-state index in [1.165, 1.54) is 0 Å². The molecule has 1 aliphatic carbocycles. The van der Waals surface area contributed by atoms with Crippen LogP contribution in [0.4, 0.5) is 0 Å². The van der Waals surface area contributed by atoms with E-state index in [0.717, 1.165) is 0 Å². The number of ether oxygens (including phenoxy) is 1. The lowest BCUT2D eigenvalue weighted by molar-refractivity contribution is -0.148. The number of sulfonamides is 1. The summed E-state index contributed by atoms with van der Waals surface area (Å²) in [6, 6.07) is 0. The Morgan fingerprint density at radius 2 is 2.07 bits per heavy atom. The standard InChI is InChI=1S/C9H15NO4S/c1-2-14-9(11)7-5-3-4-6-8(7)15(10,12)13/h3-4,7-8H,2,5-6H2,1H3,(H2,10,12,13). The van der Waals surface area contributed by atoms with Crippen LogP contribution in [-0.4, -0.2) is 26.2 Å². The van der Waals surface area contributed by atoms with Gasteiger partial charge >= 0.3 is 5.97 Å². The van der Waals surface area contributed by atoms with E-state index in [9.17, 15) is 13.2 Å². The lowest BCUT2D eigenvalue weighted by Crippen LogP contribution is -2.40. The Balaban J connectivity index is 2.85. The Kier molecular flexibility index (Phi) is 3.87. The number of nitrogens with two attached hydrogens (primary N) is 1. The predicted octanol–water partition coefficient (Wildman–Crippen LogP) is 0.173. The van der Waals surface area contributed by atoms with Crippen molar-refractivity contribution in [1.82, 2.24) is 0 Å². The van der Waals surface area contributed by atoms with E-state index < -0.39 is 27.2 Å². The number of carbonyl (C=O) groups is 1. The van der Waals surface area contributed by atoms with E-state index in [4.69, 9.17) is 9.88 Å². The highest BCUT2D eigenvalue weighted by Gasteiger charge is 2.37. The topological polar surface area (TPSA) is 86.5 Å². The molecular weight excluding hydrogens is 218 g/mol. The van der Waals surface area contributed by atoms with Gasteiger partial charge in [-0.25, -0.2) is 13.6 Å². The molecule has 2 N–H and O–H groups in total. The van der Waals surface area contributed by atoms with Gasteiger partial charge in [-0.3, -0.25) is 4.79 Å². The summed E-state index contributed by atoms with van der Waals surface area (Å²) in [5.41, 5.74) is 0. The van der Waals surface area contributed by atoms with Crippen LogP contribution in [0.1, 0.15) is 19.8 Å². The quantitative estimate of drug-likeness (QED) is 0.556. The van der Waals surface area contributed by atoms with Gasteiger partial charge in [0.1, 0.15) is 0 Å². The fraction of sp³-hybridized carbons (Fsp3) is 0.667. The Morgan fingerprint density at radius 3 is 2.60 bits per heavy atom. The molecule has 2 unspecified atom stereocenters. The van der Waals surface area contributed by atoms with E-state index in [-0.39, 0.29) is 13.0 Å². The highest BCUT2D eigenvalue weighted by molar-refractivity contribution is 7.89. The molecule has 6 heteroatoms. The zero-order valence-electron chi connectivity index (χ0n) is 8.55. The zero-order valence-corrected chi connectivity index (χ0v) is 9.37. The number of hydrogen-bond donors (Lipinski definition) is 1. The minimum atomic E-state index is -3.69. The van der Waals surface area contributed by atoms with Crippen molar-refractivity contribution >= 4 is 16.0 Å². The summed E-state index contributed by atoms with van der Waals surface area (Å²) >= 11 is 0. The van der Waals surface area contributed by atoms with Crippen molar-refractivity contribution in [2.75, 3.05) is 6.61 Å². The molecule has 1 rings (SSSR count). The first-order chi connectivity index (χ1) is 6.96. The lowest BCUT2D eigenvalue weighted by Gasteiger charge is -2.24. The van der Waals surface area contributed by atoms with Crippen LogP contribution in [0.25, 0.3) is 0 Å². The van der Waals surface area contributed by atoms with Gasteiger partial charge in [0.2, 0.25) is 10.0 Å². The number of carbonyl (C=O) groups excluding carboxylic acids is 1. The highest BCUT2D eigenvalue weighted by Crippen LogP contribution is 2.25. The van der Waals surface area contributed by atoms with Gasteiger partial charge in [0.15, 0.2) is 0 Å². The minimum absolute atomic E-state index is 0.246. The van der Waals surface area contributed by atoms with Crippen molar-refractivity contribution in [1.29, 1.82) is 0 Å². The SMILES string of the molecule is CCOC(=O)C1CC=CCC1S(N)(=O)=O. The lowest BCUT2D eigenvalue weighted by atomic mass is 9.94. The van der Waals surface area contributed by atoms with Gasteiger partial charge in [-0.1, -0.05) is 12.2 Å². The second kappa shape index (κ2) is 4.76. The number of primary sulfonamides is 1. The third-order valence-corrected chi connectivity index (χ3v) is 3.75. The van der Waals surface area contributed by atoms with E-state index >= 15 is 0 Å². The summed E-state index contributed by atoms with van der Waals surface area (Å²) in [6.45, 7) is 1.93. The first-order valence-corrected chi connectivity index (χ1v) is 6.41. The number of hydrogen-bond acceptors (Lipinski definition) is 4. The van der Waals surface area contributed by atoms with Crippen LogP contribution >= 0.6 is 0 Å². The first kappa shape index (κ1) is 12.2. The molecule has 0 spiro atoms. The summed E-state index contributed by atoms with van der Waals surface area (Å²) in [6.07, 6.45) is 4.16. The molecule has 0 aromatic carbocycles. The van der Waals surface area contributed by atoms with Crippen LogP contribution in [-0.2, 0) is 19.6 Å². The second-order valence-electron chi connectivity index (χ2n) is 3.43. The van der Waals surface area contributed by atoms with Crippen molar-refractivity contribution in [3.8, 4) is 0 Å². The molecule has 0 saturated carbocycles. The minimum Gasteiger partial charge on any atom is -0.466 e. The van der Waals surface area contributed by atoms with E-state index in [1.54, 1.807) is 19.1 Å². The van der Waals surface area contributed by atoms with Gasteiger partial charge in [-0.05, 0) is 19.8 Å². The molecule has 0 fully saturated rings. The molecule has 1 aliphatic rings. The van der Waals surface area contributed by atoms with Crippen LogP contribution in [0.2, 0.25) is 0 Å². The van der Waals surface area contributed by atoms with Gasteiger partial charge < -0.3 is 4.74 Å². The molecule has 5 nitrogen and oxygen atoms in total. The third kappa shape index (κ3) is 3.04. The largest absolute Gasteiger partial charge is 0.466 e. The maximum absolute atomic E-state index is 11.5. The Bertz CT molecular complexity index is 360. The average Bonchev–Trinajstić information content (AvgIpc) is 2.17. The summed E-state index contributed by atoms with van der Waals surface area (Å²) in [7, 11) is -3.69. The maximum Gasteiger partial charge on any atom is 0.310 e. The van der Waals surface area contributed by atoms with Crippen LogP contribution < -0.4 is 5.14 Å². The van der Waals surface area contributed by atoms with Gasteiger partial charge in [0, 0.05) is 0 Å². The molecule has 0 bridgehead atoms. The van der Waals surface area contributed by atoms with Crippen molar-refractivity contribution < 1.29 is 17.9 Å². The Labute approximate surface area is 89.3 Å². The van der Waals surface area contributed by atoms with Gasteiger partial charge in [-0.2, -0.15) is 0 Å². The summed E-state index contributed by atoms with van der Waals surface area (Å²) in [5, 5.41) is 4.22. The van der Waals surface area contributed by atoms with Gasteiger partial charge in [-0.15, -0.1) is 0 Å². The number of allylic oxidation sites excluding steroid dienone is 2. The van der Waals surface area contributed by atoms with E-state index in [2.05, 4.69) is 0 Å². The molecule has 0 aliphatic heterocycles. The van der Waals surface area contributed by atoms with Crippen LogP contribution in [0, 0.1) is 5.92 Å². The molecule has 0 aromatic heterocycles. The smallest absolute Gasteiger partial charge is 0.310 e. The van der Waals surface area contributed by atoms with Crippen molar-refractivity contribution in [2.45, 2.75) is 25.0 Å². The zero-order chi connectivity index (χ0) is 11.5. The molecule has 0 amide bonds. The van der Waals surface area contributed by atoms with Crippen molar-refractivity contribution in [2.24, 2.45) is 11.1 Å². The second-order valence-corrected chi connectivity index (χ2v) is 5.21. The fourth-order valence-corrected chi connectivity index (χ4v) is 2.71. The van der Waals surface area contributed by atoms with Gasteiger partial charge in [0.05, 0.1) is 17.8 Å². The first-order valence-electron chi connectivity index (χ1n) is 4.80. The normalized spacial score (nSPS) is 26.3. The molecule has 86 valence electrons. The summed E-state index contributed by atoms with van der Waals surface area (Å²) in [5.74, 6) is -1.15. The van der Waals surface area contributed by atoms with Gasteiger partial charge in [0.25, 0.3) is 0 Å². The molecular formula is C9H15NO4S. The number of rotatable bonds is 3. The number of esters is 1. The Hall–Kier alpha value is -0.880. The average molecular weight is 233 g/mol. The maximum atomic E-state index is 11.5. The fourth-order valence-electron chi connectivity index (χ4n) is 1.65. The monoisotopic (exact) mass is 233 g/mol. The summed E-state index contributed by atoms with van der Waals surface area (Å²) < 4.78 is 27.3. The van der Waals surface area contributed by atoms with Crippen molar-refractivity contribution in [3.63, 3.8) is 0 Å².